The van der Waals surface area contributed by atoms with E-state index in [-0.39, 0.29) is 12.2 Å². The Hall–Kier alpha value is -2.89. The summed E-state index contributed by atoms with van der Waals surface area (Å²) in [7, 11) is 1.52. The van der Waals surface area contributed by atoms with Gasteiger partial charge in [0.15, 0.2) is 5.78 Å². The zero-order valence-electron chi connectivity index (χ0n) is 14.6. The highest BCUT2D eigenvalue weighted by Gasteiger charge is 2.51. The number of rotatable bonds is 6. The highest BCUT2D eigenvalue weighted by Crippen LogP contribution is 2.38. The van der Waals surface area contributed by atoms with E-state index < -0.39 is 23.3 Å². The molecule has 0 fully saturated rings. The van der Waals surface area contributed by atoms with Crippen molar-refractivity contribution in [2.24, 2.45) is 0 Å². The normalized spacial score (nSPS) is 13.0. The van der Waals surface area contributed by atoms with Gasteiger partial charge in [-0.15, -0.1) is 0 Å². The molecule has 2 rings (SSSR count). The molecule has 2 aromatic carbocycles. The van der Waals surface area contributed by atoms with Crippen LogP contribution in [0.1, 0.15) is 26.3 Å². The average molecular weight is 344 g/mol. The molecule has 0 saturated carbocycles. The van der Waals surface area contributed by atoms with E-state index in [4.69, 9.17) is 14.2 Å². The Balaban J connectivity index is 2.86. The maximum absolute atomic E-state index is 12.7. The monoisotopic (exact) mass is 344 g/mol. The van der Waals surface area contributed by atoms with Crippen LogP contribution in [-0.4, -0.2) is 31.4 Å². The van der Waals surface area contributed by atoms with E-state index in [0.29, 0.717) is 16.5 Å². The molecule has 0 aromatic heterocycles. The highest BCUT2D eigenvalue weighted by molar-refractivity contribution is 6.11. The smallest absolute Gasteiger partial charge is 0.363 e. The van der Waals surface area contributed by atoms with Crippen LogP contribution in [0.25, 0.3) is 10.8 Å². The van der Waals surface area contributed by atoms with Gasteiger partial charge >= 0.3 is 11.9 Å². The van der Waals surface area contributed by atoms with Gasteiger partial charge in [0.1, 0.15) is 5.75 Å². The molecule has 2 aromatic rings. The van der Waals surface area contributed by atoms with Crippen molar-refractivity contribution in [1.82, 2.24) is 0 Å². The number of Topliss-reactive ketones (excluding diaryl/α,β-unsaturated/α-hetero) is 1. The molecule has 0 radical (unpaired) electrons. The van der Waals surface area contributed by atoms with E-state index in [1.165, 1.54) is 14.0 Å². The molecule has 0 aliphatic rings. The third-order valence-electron chi connectivity index (χ3n) is 3.84. The number of hydrogen-bond donors (Lipinski definition) is 0. The van der Waals surface area contributed by atoms with Crippen LogP contribution in [-0.2, 0) is 29.5 Å². The van der Waals surface area contributed by atoms with Crippen molar-refractivity contribution in [3.63, 3.8) is 0 Å². The van der Waals surface area contributed by atoms with Crippen LogP contribution in [0.5, 0.6) is 5.75 Å². The second-order valence-corrected chi connectivity index (χ2v) is 5.41. The van der Waals surface area contributed by atoms with Crippen molar-refractivity contribution in [2.75, 3.05) is 13.7 Å². The van der Waals surface area contributed by atoms with E-state index in [2.05, 4.69) is 0 Å². The standard InChI is InChI=1S/C19H20O6/c1-5-24-18(22)19(12(2)20,25-13(3)21)16-10-11-17(23-4)15-9-7-6-8-14(15)16/h6-11H,5H2,1-4H3. The van der Waals surface area contributed by atoms with Gasteiger partial charge in [0, 0.05) is 17.9 Å². The second-order valence-electron chi connectivity index (χ2n) is 5.41. The van der Waals surface area contributed by atoms with Crippen LogP contribution in [0.3, 0.4) is 0 Å². The Morgan fingerprint density at radius 2 is 1.64 bits per heavy atom. The fraction of sp³-hybridized carbons (Fsp3) is 0.316. The minimum atomic E-state index is -2.16. The largest absolute Gasteiger partial charge is 0.496 e. The number of benzene rings is 2. The summed E-state index contributed by atoms with van der Waals surface area (Å²) in [6.07, 6.45) is 0. The molecule has 6 nitrogen and oxygen atoms in total. The Kier molecular flexibility index (Phi) is 5.41. The molecule has 25 heavy (non-hydrogen) atoms. The Morgan fingerprint density at radius 3 is 2.16 bits per heavy atom. The molecule has 0 amide bonds. The molecule has 1 atom stereocenters. The minimum absolute atomic E-state index is 0.0449. The van der Waals surface area contributed by atoms with Gasteiger partial charge in [-0.1, -0.05) is 24.3 Å². The lowest BCUT2D eigenvalue weighted by molar-refractivity contribution is -0.185. The van der Waals surface area contributed by atoms with Crippen LogP contribution in [0.4, 0.5) is 0 Å². The number of esters is 2. The molecule has 0 aliphatic carbocycles. The summed E-state index contributed by atoms with van der Waals surface area (Å²) in [4.78, 5) is 36.9. The predicted molar refractivity (Wildman–Crippen MR) is 91.3 cm³/mol. The van der Waals surface area contributed by atoms with E-state index in [1.807, 2.05) is 0 Å². The molecule has 0 heterocycles. The zero-order valence-corrected chi connectivity index (χ0v) is 14.6. The van der Waals surface area contributed by atoms with Crippen molar-refractivity contribution in [3.8, 4) is 5.75 Å². The number of ether oxygens (including phenoxy) is 3. The van der Waals surface area contributed by atoms with E-state index in [1.54, 1.807) is 43.3 Å². The Morgan fingerprint density at radius 1 is 1.00 bits per heavy atom. The maximum Gasteiger partial charge on any atom is 0.363 e. The van der Waals surface area contributed by atoms with Crippen molar-refractivity contribution < 1.29 is 28.6 Å². The first-order valence-electron chi connectivity index (χ1n) is 7.82. The topological polar surface area (TPSA) is 78.9 Å². The zero-order chi connectivity index (χ0) is 18.6. The van der Waals surface area contributed by atoms with Gasteiger partial charge in [0.05, 0.1) is 13.7 Å². The first-order valence-corrected chi connectivity index (χ1v) is 7.82. The summed E-state index contributed by atoms with van der Waals surface area (Å²) < 4.78 is 15.7. The van der Waals surface area contributed by atoms with Crippen LogP contribution >= 0.6 is 0 Å². The third kappa shape index (κ3) is 3.20. The third-order valence-corrected chi connectivity index (χ3v) is 3.84. The first kappa shape index (κ1) is 18.4. The van der Waals surface area contributed by atoms with Gasteiger partial charge in [0.25, 0.3) is 5.60 Å². The molecular formula is C19H20O6. The lowest BCUT2D eigenvalue weighted by Crippen LogP contribution is -2.47. The van der Waals surface area contributed by atoms with Crippen LogP contribution < -0.4 is 4.74 Å². The van der Waals surface area contributed by atoms with E-state index >= 15 is 0 Å². The highest BCUT2D eigenvalue weighted by atomic mass is 16.6. The molecule has 132 valence electrons. The van der Waals surface area contributed by atoms with Crippen molar-refractivity contribution >= 4 is 28.5 Å². The van der Waals surface area contributed by atoms with Crippen molar-refractivity contribution in [3.05, 3.63) is 42.0 Å². The van der Waals surface area contributed by atoms with E-state index in [9.17, 15) is 14.4 Å². The molecule has 0 bridgehead atoms. The Labute approximate surface area is 145 Å². The van der Waals surface area contributed by atoms with Crippen molar-refractivity contribution in [1.29, 1.82) is 0 Å². The second kappa shape index (κ2) is 7.34. The molecule has 6 heteroatoms. The summed E-state index contributed by atoms with van der Waals surface area (Å²) in [5.74, 6) is -1.75. The SMILES string of the molecule is CCOC(=O)C(OC(C)=O)(C(C)=O)c1ccc(OC)c2ccccc12. The lowest BCUT2D eigenvalue weighted by Gasteiger charge is -2.30. The summed E-state index contributed by atoms with van der Waals surface area (Å²) in [5, 5.41) is 1.25. The number of carbonyl (C=O) groups is 3. The fourth-order valence-electron chi connectivity index (χ4n) is 2.82. The van der Waals surface area contributed by atoms with Crippen LogP contribution in [0, 0.1) is 0 Å². The number of carbonyl (C=O) groups excluding carboxylic acids is 3. The Bertz CT molecular complexity index is 826. The number of methoxy groups -OCH3 is 1. The molecule has 0 saturated heterocycles. The molecular weight excluding hydrogens is 324 g/mol. The predicted octanol–water partition coefficient (Wildman–Crippen LogP) is 2.76. The van der Waals surface area contributed by atoms with Crippen LogP contribution in [0.2, 0.25) is 0 Å². The minimum Gasteiger partial charge on any atom is -0.496 e. The number of hydrogen-bond acceptors (Lipinski definition) is 6. The molecule has 0 aliphatic heterocycles. The van der Waals surface area contributed by atoms with Gasteiger partial charge in [-0.05, 0) is 31.4 Å². The quantitative estimate of drug-likeness (QED) is 0.592. The van der Waals surface area contributed by atoms with Gasteiger partial charge in [-0.2, -0.15) is 0 Å². The maximum atomic E-state index is 12.7. The number of fused-ring (bicyclic) bond motifs is 1. The van der Waals surface area contributed by atoms with Gasteiger partial charge in [-0.25, -0.2) is 4.79 Å². The summed E-state index contributed by atoms with van der Waals surface area (Å²) in [6.45, 7) is 3.99. The van der Waals surface area contributed by atoms with Gasteiger partial charge < -0.3 is 14.2 Å². The molecule has 0 spiro atoms. The first-order chi connectivity index (χ1) is 11.9. The lowest BCUT2D eigenvalue weighted by atomic mass is 9.85. The molecule has 0 N–H and O–H groups in total. The van der Waals surface area contributed by atoms with E-state index in [0.717, 1.165) is 6.92 Å². The number of ketones is 1. The summed E-state index contributed by atoms with van der Waals surface area (Å²) in [5.41, 5.74) is -1.92. The van der Waals surface area contributed by atoms with Crippen LogP contribution in [0.15, 0.2) is 36.4 Å². The fourth-order valence-corrected chi connectivity index (χ4v) is 2.82. The average Bonchev–Trinajstić information content (AvgIpc) is 2.58. The van der Waals surface area contributed by atoms with Gasteiger partial charge in [-0.3, -0.25) is 9.59 Å². The molecule has 1 unspecified atom stereocenters. The van der Waals surface area contributed by atoms with Gasteiger partial charge in [0.2, 0.25) is 0 Å². The summed E-state index contributed by atoms with van der Waals surface area (Å²) >= 11 is 0. The summed E-state index contributed by atoms with van der Waals surface area (Å²) in [6, 6.07) is 10.3. The van der Waals surface area contributed by atoms with Crippen molar-refractivity contribution in [2.45, 2.75) is 26.4 Å².